The zero-order valence-electron chi connectivity index (χ0n) is 15.7. The maximum absolute atomic E-state index is 12.6. The number of fused-ring (bicyclic) bond motifs is 1. The minimum absolute atomic E-state index is 0.0707. The number of rotatable bonds is 6. The summed E-state index contributed by atoms with van der Waals surface area (Å²) in [5.74, 6) is 0.342. The van der Waals surface area contributed by atoms with E-state index in [1.165, 1.54) is 12.6 Å². The summed E-state index contributed by atoms with van der Waals surface area (Å²) in [6.07, 6.45) is 8.02. The number of nitrogen functional groups attached to an aromatic ring is 1. The number of carbonyl (C=O) groups is 1. The van der Waals surface area contributed by atoms with Gasteiger partial charge in [-0.3, -0.25) is 4.79 Å². The number of hydrogen-bond donors (Lipinski definition) is 1. The number of benzene rings is 1. The molecular formula is C21H23N5O2. The molecule has 1 aliphatic carbocycles. The fraction of sp³-hybridized carbons (Fsp3) is 0.381. The highest BCUT2D eigenvalue weighted by atomic mass is 16.5. The van der Waals surface area contributed by atoms with Gasteiger partial charge in [0, 0.05) is 6.42 Å². The molecule has 1 aliphatic rings. The molecule has 0 spiro atoms. The Balaban J connectivity index is 1.57. The molecule has 2 heterocycles. The lowest BCUT2D eigenvalue weighted by molar-refractivity contribution is 0.0978. The molecule has 0 unspecified atom stereocenters. The maximum Gasteiger partial charge on any atom is 0.247 e. The van der Waals surface area contributed by atoms with Crippen LogP contribution in [0.1, 0.15) is 54.6 Å². The predicted molar refractivity (Wildman–Crippen MR) is 106 cm³/mol. The van der Waals surface area contributed by atoms with Crippen molar-refractivity contribution < 1.29 is 9.53 Å². The first-order valence-corrected chi connectivity index (χ1v) is 9.73. The highest BCUT2D eigenvalue weighted by Gasteiger charge is 2.20. The number of ketones is 1. The fourth-order valence-electron chi connectivity index (χ4n) is 3.49. The Kier molecular flexibility index (Phi) is 5.41. The van der Waals surface area contributed by atoms with Gasteiger partial charge in [-0.1, -0.05) is 36.8 Å². The van der Waals surface area contributed by atoms with E-state index in [4.69, 9.17) is 10.5 Å². The molecule has 0 saturated heterocycles. The monoisotopic (exact) mass is 377 g/mol. The number of aromatic nitrogens is 4. The van der Waals surface area contributed by atoms with Gasteiger partial charge >= 0.3 is 0 Å². The van der Waals surface area contributed by atoms with Gasteiger partial charge in [0.2, 0.25) is 11.8 Å². The maximum atomic E-state index is 12.6. The molecule has 28 heavy (non-hydrogen) atoms. The van der Waals surface area contributed by atoms with E-state index in [0.29, 0.717) is 35.6 Å². The van der Waals surface area contributed by atoms with Crippen molar-refractivity contribution in [3.05, 3.63) is 47.8 Å². The van der Waals surface area contributed by atoms with Crippen LogP contribution >= 0.6 is 0 Å². The van der Waals surface area contributed by atoms with Gasteiger partial charge in [-0.05, 0) is 37.7 Å². The molecular weight excluding hydrogens is 354 g/mol. The molecule has 1 saturated carbocycles. The molecule has 1 aromatic carbocycles. The van der Waals surface area contributed by atoms with E-state index in [-0.39, 0.29) is 17.8 Å². The van der Waals surface area contributed by atoms with Crippen molar-refractivity contribution in [2.45, 2.75) is 51.0 Å². The molecule has 1 fully saturated rings. The summed E-state index contributed by atoms with van der Waals surface area (Å²) in [5, 5.41) is 0. The van der Waals surface area contributed by atoms with Crippen LogP contribution in [0.15, 0.2) is 36.5 Å². The van der Waals surface area contributed by atoms with Crippen molar-refractivity contribution in [2.75, 3.05) is 5.73 Å². The van der Waals surface area contributed by atoms with E-state index in [1.807, 2.05) is 30.3 Å². The zero-order valence-corrected chi connectivity index (χ0v) is 15.7. The largest absolute Gasteiger partial charge is 0.473 e. The Bertz CT molecular complexity index is 971. The summed E-state index contributed by atoms with van der Waals surface area (Å²) in [6.45, 7) is 0. The lowest BCUT2D eigenvalue weighted by Crippen LogP contribution is -2.21. The lowest BCUT2D eigenvalue weighted by atomic mass is 9.98. The number of ether oxygens (including phenoxy) is 1. The molecule has 0 atom stereocenters. The van der Waals surface area contributed by atoms with Crippen LogP contribution in [0.25, 0.3) is 11.2 Å². The molecule has 144 valence electrons. The first-order chi connectivity index (χ1) is 13.7. The zero-order chi connectivity index (χ0) is 19.3. The molecule has 3 aromatic rings. The van der Waals surface area contributed by atoms with E-state index in [2.05, 4.69) is 19.9 Å². The summed E-state index contributed by atoms with van der Waals surface area (Å²) >= 11 is 0. The Morgan fingerprint density at radius 1 is 1.07 bits per heavy atom. The van der Waals surface area contributed by atoms with Crippen molar-refractivity contribution in [3.63, 3.8) is 0 Å². The van der Waals surface area contributed by atoms with Crippen LogP contribution in [0.3, 0.4) is 0 Å². The number of hydrogen-bond acceptors (Lipinski definition) is 7. The van der Waals surface area contributed by atoms with Gasteiger partial charge in [0.1, 0.15) is 11.8 Å². The van der Waals surface area contributed by atoms with Gasteiger partial charge in [0.05, 0.1) is 6.20 Å². The molecule has 2 aromatic heterocycles. The van der Waals surface area contributed by atoms with Crippen LogP contribution in [0, 0.1) is 0 Å². The first-order valence-electron chi connectivity index (χ1n) is 9.73. The third kappa shape index (κ3) is 4.24. The third-order valence-electron chi connectivity index (χ3n) is 4.99. The first kappa shape index (κ1) is 18.3. The van der Waals surface area contributed by atoms with Gasteiger partial charge in [-0.25, -0.2) is 9.97 Å². The second-order valence-electron chi connectivity index (χ2n) is 7.10. The molecule has 7 nitrogen and oxygen atoms in total. The quantitative estimate of drug-likeness (QED) is 0.655. The lowest BCUT2D eigenvalue weighted by Gasteiger charge is -2.22. The van der Waals surface area contributed by atoms with Crippen LogP contribution in [0.4, 0.5) is 5.95 Å². The van der Waals surface area contributed by atoms with Crippen LogP contribution in [-0.2, 0) is 6.42 Å². The number of nitrogens with zero attached hydrogens (tertiary/aromatic N) is 4. The number of nitrogens with two attached hydrogens (primary N) is 1. The van der Waals surface area contributed by atoms with Crippen molar-refractivity contribution in [1.82, 2.24) is 19.9 Å². The molecule has 0 aliphatic heterocycles. The average Bonchev–Trinajstić information content (AvgIpc) is 2.73. The topological polar surface area (TPSA) is 104 Å². The highest BCUT2D eigenvalue weighted by molar-refractivity contribution is 5.95. The number of carbonyl (C=O) groups excluding carboxylic acids is 1. The van der Waals surface area contributed by atoms with Crippen molar-refractivity contribution in [3.8, 4) is 5.88 Å². The third-order valence-corrected chi connectivity index (χ3v) is 4.99. The van der Waals surface area contributed by atoms with Crippen molar-refractivity contribution in [2.24, 2.45) is 0 Å². The van der Waals surface area contributed by atoms with E-state index in [0.717, 1.165) is 31.2 Å². The summed E-state index contributed by atoms with van der Waals surface area (Å²) < 4.78 is 6.07. The summed E-state index contributed by atoms with van der Waals surface area (Å²) in [6, 6.07) is 9.90. The normalized spacial score (nSPS) is 14.9. The number of Topliss-reactive ketones (excluding diaryl/α,β-unsaturated/α-hetero) is 1. The Hall–Kier alpha value is -3.09. The van der Waals surface area contributed by atoms with E-state index in [1.54, 1.807) is 0 Å². The smallest absolute Gasteiger partial charge is 0.247 e. The van der Waals surface area contributed by atoms with E-state index >= 15 is 0 Å². The Labute approximate surface area is 163 Å². The predicted octanol–water partition coefficient (Wildman–Crippen LogP) is 3.53. The second-order valence-corrected chi connectivity index (χ2v) is 7.10. The van der Waals surface area contributed by atoms with Gasteiger partial charge in [0.15, 0.2) is 16.9 Å². The number of anilines is 1. The Morgan fingerprint density at radius 3 is 2.64 bits per heavy atom. The van der Waals surface area contributed by atoms with Crippen molar-refractivity contribution >= 4 is 22.9 Å². The molecule has 0 bridgehead atoms. The minimum atomic E-state index is -0.0707. The summed E-state index contributed by atoms with van der Waals surface area (Å²) in [4.78, 5) is 29.7. The van der Waals surface area contributed by atoms with E-state index < -0.39 is 0 Å². The highest BCUT2D eigenvalue weighted by Crippen LogP contribution is 2.26. The summed E-state index contributed by atoms with van der Waals surface area (Å²) in [5.41, 5.74) is 7.95. The van der Waals surface area contributed by atoms with Gasteiger partial charge in [-0.15, -0.1) is 0 Å². The van der Waals surface area contributed by atoms with Gasteiger partial charge in [-0.2, -0.15) is 9.97 Å². The van der Waals surface area contributed by atoms with Gasteiger partial charge in [0.25, 0.3) is 0 Å². The Morgan fingerprint density at radius 2 is 1.86 bits per heavy atom. The molecule has 0 radical (unpaired) electrons. The number of aryl methyl sites for hydroxylation is 1. The van der Waals surface area contributed by atoms with Crippen molar-refractivity contribution in [1.29, 1.82) is 0 Å². The molecule has 7 heteroatoms. The standard InChI is InChI=1S/C21H23N5O2/c22-21-25-19-18(20(26-21)28-15-9-5-2-6-10-15)24-16(13-23-19)17(27)12-11-14-7-3-1-4-8-14/h1,3-4,7-8,13,15H,2,5-6,9-12H2,(H2,22,23,25,26). The summed E-state index contributed by atoms with van der Waals surface area (Å²) in [7, 11) is 0. The average molecular weight is 377 g/mol. The van der Waals surface area contributed by atoms with Crippen LogP contribution in [-0.4, -0.2) is 31.8 Å². The minimum Gasteiger partial charge on any atom is -0.473 e. The SMILES string of the molecule is Nc1nc(OC2CCCCC2)c2nc(C(=O)CCc3ccccc3)cnc2n1. The molecule has 0 amide bonds. The van der Waals surface area contributed by atoms with Gasteiger partial charge < -0.3 is 10.5 Å². The van der Waals surface area contributed by atoms with Crippen LogP contribution in [0.2, 0.25) is 0 Å². The molecule has 2 N–H and O–H groups in total. The van der Waals surface area contributed by atoms with Crippen LogP contribution in [0.5, 0.6) is 5.88 Å². The fourth-order valence-corrected chi connectivity index (χ4v) is 3.49. The van der Waals surface area contributed by atoms with E-state index in [9.17, 15) is 4.79 Å². The van der Waals surface area contributed by atoms with Crippen LogP contribution < -0.4 is 10.5 Å². The molecule has 4 rings (SSSR count). The second kappa shape index (κ2) is 8.29.